The van der Waals surface area contributed by atoms with Gasteiger partial charge in [-0.1, -0.05) is 30.3 Å². The van der Waals surface area contributed by atoms with E-state index in [0.717, 1.165) is 42.0 Å². The second kappa shape index (κ2) is 9.62. The topological polar surface area (TPSA) is 85.6 Å². The van der Waals surface area contributed by atoms with Gasteiger partial charge in [0.05, 0.1) is 23.6 Å². The van der Waals surface area contributed by atoms with Crippen molar-refractivity contribution in [3.63, 3.8) is 0 Å². The summed E-state index contributed by atoms with van der Waals surface area (Å²) in [4.78, 5) is 31.7. The molecular weight excluding hydrogens is 505 g/mol. The van der Waals surface area contributed by atoms with Crippen molar-refractivity contribution in [1.29, 1.82) is 0 Å². The quantitative estimate of drug-likeness (QED) is 0.313. The van der Waals surface area contributed by atoms with Gasteiger partial charge in [-0.15, -0.1) is 11.3 Å². The van der Waals surface area contributed by atoms with Gasteiger partial charge in [0.2, 0.25) is 0 Å². The molecule has 1 aromatic carbocycles. The largest absolute Gasteiger partial charge is 0.459 e. The van der Waals surface area contributed by atoms with Crippen molar-refractivity contribution >= 4 is 33.9 Å². The molecule has 0 aliphatic heterocycles. The van der Waals surface area contributed by atoms with Gasteiger partial charge in [-0.05, 0) is 51.2 Å². The Labute approximate surface area is 214 Å². The first kappa shape index (κ1) is 24.9. The Balaban J connectivity index is 1.58. The Hall–Kier alpha value is -3.73. The first-order valence-corrected chi connectivity index (χ1v) is 12.6. The minimum Gasteiger partial charge on any atom is -0.459 e. The first-order chi connectivity index (χ1) is 17.6. The third-order valence-corrected chi connectivity index (χ3v) is 7.23. The maximum Gasteiger partial charge on any atom is 0.433 e. The lowest BCUT2D eigenvalue weighted by atomic mass is 9.95. The van der Waals surface area contributed by atoms with Gasteiger partial charge in [-0.2, -0.15) is 18.3 Å². The molecule has 11 heteroatoms. The van der Waals surface area contributed by atoms with E-state index in [1.54, 1.807) is 44.2 Å². The smallest absolute Gasteiger partial charge is 0.433 e. The third-order valence-electron chi connectivity index (χ3n) is 6.02. The van der Waals surface area contributed by atoms with Gasteiger partial charge in [0.25, 0.3) is 5.91 Å². The molecule has 4 aromatic rings. The van der Waals surface area contributed by atoms with Crippen molar-refractivity contribution in [1.82, 2.24) is 14.6 Å². The number of alkyl halides is 3. The highest BCUT2D eigenvalue weighted by Gasteiger charge is 2.36. The molecule has 37 heavy (non-hydrogen) atoms. The Bertz CT molecular complexity index is 1490. The van der Waals surface area contributed by atoms with E-state index in [9.17, 15) is 22.8 Å². The number of carbonyl (C=O) groups is 2. The zero-order valence-electron chi connectivity index (χ0n) is 20.1. The molecule has 7 nitrogen and oxygen atoms in total. The van der Waals surface area contributed by atoms with Crippen LogP contribution in [0.5, 0.6) is 0 Å². The van der Waals surface area contributed by atoms with E-state index in [1.165, 1.54) is 11.3 Å². The number of benzene rings is 1. The normalized spacial score (nSPS) is 13.6. The number of fused-ring (bicyclic) bond motifs is 2. The average molecular weight is 529 g/mol. The summed E-state index contributed by atoms with van der Waals surface area (Å²) < 4.78 is 47.8. The van der Waals surface area contributed by atoms with E-state index in [0.29, 0.717) is 27.1 Å². The van der Waals surface area contributed by atoms with Crippen molar-refractivity contribution in [3.05, 3.63) is 69.9 Å². The monoisotopic (exact) mass is 528 g/mol. The molecule has 0 unspecified atom stereocenters. The maximum atomic E-state index is 13.9. The van der Waals surface area contributed by atoms with Crippen molar-refractivity contribution in [2.24, 2.45) is 0 Å². The second-order valence-corrected chi connectivity index (χ2v) is 10.1. The summed E-state index contributed by atoms with van der Waals surface area (Å²) in [6.07, 6.45) is -0.661. The predicted molar refractivity (Wildman–Crippen MR) is 133 cm³/mol. The Kier molecular flexibility index (Phi) is 6.49. The summed E-state index contributed by atoms with van der Waals surface area (Å²) in [6, 6.07) is 9.30. The highest BCUT2D eigenvalue weighted by Crippen LogP contribution is 2.39. The van der Waals surface area contributed by atoms with Crippen LogP contribution >= 0.6 is 11.3 Å². The number of amides is 1. The van der Waals surface area contributed by atoms with E-state index in [2.05, 4.69) is 15.4 Å². The number of anilines is 1. The number of rotatable bonds is 5. The minimum absolute atomic E-state index is 0.0581. The Morgan fingerprint density at radius 2 is 1.86 bits per heavy atom. The number of hydrogen-bond acceptors (Lipinski definition) is 6. The van der Waals surface area contributed by atoms with Crippen molar-refractivity contribution in [3.8, 4) is 11.3 Å². The molecule has 192 valence electrons. The van der Waals surface area contributed by atoms with Crippen LogP contribution in [0, 0.1) is 0 Å². The molecule has 1 N–H and O–H groups in total. The second-order valence-electron chi connectivity index (χ2n) is 9.01. The molecule has 1 aliphatic carbocycles. The van der Waals surface area contributed by atoms with E-state index < -0.39 is 23.7 Å². The standard InChI is InChI=1S/C26H23F3N4O3S/c1-14(2)36-25(35)21-16-10-6-7-11-19(16)37-24(21)32-23(34)17-13-30-33-20(26(27,28)29)12-18(31-22(17)33)15-8-4-3-5-9-15/h3-5,8-9,12-14H,6-7,10-11H2,1-2H3,(H,32,34). The molecule has 1 amide bonds. The van der Waals surface area contributed by atoms with E-state index in [1.807, 2.05) is 0 Å². The molecule has 5 rings (SSSR count). The molecule has 1 aliphatic rings. The molecule has 0 bridgehead atoms. The van der Waals surface area contributed by atoms with Gasteiger partial charge in [-0.3, -0.25) is 4.79 Å². The highest BCUT2D eigenvalue weighted by molar-refractivity contribution is 7.17. The number of thiophene rings is 1. The number of carbonyl (C=O) groups excluding carboxylic acids is 2. The van der Waals surface area contributed by atoms with Crippen molar-refractivity contribution in [2.75, 3.05) is 5.32 Å². The molecule has 3 aromatic heterocycles. The van der Waals surface area contributed by atoms with E-state index in [-0.39, 0.29) is 23.0 Å². The summed E-state index contributed by atoms with van der Waals surface area (Å²) in [5, 5.41) is 6.88. The third kappa shape index (κ3) is 4.83. The van der Waals surface area contributed by atoms with Gasteiger partial charge in [-0.25, -0.2) is 14.3 Å². The molecule has 0 fully saturated rings. The number of hydrogen-bond donors (Lipinski definition) is 1. The van der Waals surface area contributed by atoms with Gasteiger partial charge in [0.1, 0.15) is 10.6 Å². The van der Waals surface area contributed by atoms with Crippen LogP contribution in [0.2, 0.25) is 0 Å². The lowest BCUT2D eigenvalue weighted by Gasteiger charge is -2.14. The van der Waals surface area contributed by atoms with Crippen LogP contribution in [0.4, 0.5) is 18.2 Å². The lowest BCUT2D eigenvalue weighted by molar-refractivity contribution is -0.142. The zero-order chi connectivity index (χ0) is 26.3. The first-order valence-electron chi connectivity index (χ1n) is 11.8. The van der Waals surface area contributed by atoms with Gasteiger partial charge < -0.3 is 10.1 Å². The lowest BCUT2D eigenvalue weighted by Crippen LogP contribution is -2.18. The molecular formula is C26H23F3N4O3S. The molecule has 0 radical (unpaired) electrons. The number of ether oxygens (including phenoxy) is 1. The predicted octanol–water partition coefficient (Wildman–Crippen LogP) is 6.17. The van der Waals surface area contributed by atoms with E-state index >= 15 is 0 Å². The molecule has 0 saturated carbocycles. The summed E-state index contributed by atoms with van der Waals surface area (Å²) in [7, 11) is 0. The number of nitrogens with one attached hydrogen (secondary N) is 1. The number of nitrogens with zero attached hydrogens (tertiary/aromatic N) is 3. The van der Waals surface area contributed by atoms with Crippen LogP contribution in [-0.4, -0.2) is 32.6 Å². The van der Waals surface area contributed by atoms with Crippen LogP contribution in [0.25, 0.3) is 16.9 Å². The summed E-state index contributed by atoms with van der Waals surface area (Å²) >= 11 is 1.30. The van der Waals surface area contributed by atoms with Gasteiger partial charge in [0.15, 0.2) is 11.3 Å². The fourth-order valence-corrected chi connectivity index (χ4v) is 5.67. The van der Waals surface area contributed by atoms with Crippen LogP contribution in [0.1, 0.15) is 63.5 Å². The van der Waals surface area contributed by atoms with Crippen LogP contribution in [0.3, 0.4) is 0 Å². The Morgan fingerprint density at radius 1 is 1.14 bits per heavy atom. The van der Waals surface area contributed by atoms with Crippen LogP contribution in [-0.2, 0) is 23.8 Å². The van der Waals surface area contributed by atoms with Gasteiger partial charge >= 0.3 is 12.1 Å². The van der Waals surface area contributed by atoms with Gasteiger partial charge in [0, 0.05) is 10.4 Å². The fourth-order valence-electron chi connectivity index (χ4n) is 4.40. The SMILES string of the molecule is CC(C)OC(=O)c1c(NC(=O)c2cnn3c(C(F)(F)F)cc(-c4ccccc4)nc23)sc2c1CCCC2. The minimum atomic E-state index is -4.73. The highest BCUT2D eigenvalue weighted by atomic mass is 32.1. The molecule has 0 spiro atoms. The molecule has 0 atom stereocenters. The summed E-state index contributed by atoms with van der Waals surface area (Å²) in [5.41, 5.74) is 0.267. The van der Waals surface area contributed by atoms with Crippen molar-refractivity contribution in [2.45, 2.75) is 51.8 Å². The van der Waals surface area contributed by atoms with E-state index in [4.69, 9.17) is 4.74 Å². The van der Waals surface area contributed by atoms with Crippen molar-refractivity contribution < 1.29 is 27.5 Å². The van der Waals surface area contributed by atoms with Crippen LogP contribution in [0.15, 0.2) is 42.6 Å². The zero-order valence-corrected chi connectivity index (χ0v) is 20.9. The summed E-state index contributed by atoms with van der Waals surface area (Å²) in [5.74, 6) is -1.24. The fraction of sp³-hybridized carbons (Fsp3) is 0.308. The number of aryl methyl sites for hydroxylation is 1. The number of esters is 1. The number of halogens is 3. The maximum absolute atomic E-state index is 13.9. The van der Waals surface area contributed by atoms with Crippen LogP contribution < -0.4 is 5.32 Å². The average Bonchev–Trinajstić information content (AvgIpc) is 3.44. The molecule has 0 saturated heterocycles. The number of aromatic nitrogens is 3. The summed E-state index contributed by atoms with van der Waals surface area (Å²) in [6.45, 7) is 3.48. The Morgan fingerprint density at radius 3 is 2.57 bits per heavy atom. The molecule has 3 heterocycles.